The van der Waals surface area contributed by atoms with Crippen molar-refractivity contribution in [2.24, 2.45) is 0 Å². The first kappa shape index (κ1) is 12.3. The van der Waals surface area contributed by atoms with Crippen LogP contribution in [0.25, 0.3) is 0 Å². The topological polar surface area (TPSA) is 52.1 Å². The molecule has 0 saturated carbocycles. The highest BCUT2D eigenvalue weighted by molar-refractivity contribution is 7.08. The molecule has 0 N–H and O–H groups in total. The summed E-state index contributed by atoms with van der Waals surface area (Å²) >= 11 is 1.14. The zero-order valence-electron chi connectivity index (χ0n) is 9.53. The van der Waals surface area contributed by atoms with Crippen LogP contribution in [-0.2, 0) is 10.2 Å². The second-order valence-electron chi connectivity index (χ2n) is 4.26. The van der Waals surface area contributed by atoms with Crippen molar-refractivity contribution in [2.45, 2.75) is 33.1 Å². The van der Waals surface area contributed by atoms with Gasteiger partial charge in [0, 0.05) is 12.0 Å². The van der Waals surface area contributed by atoms with Crippen LogP contribution in [0.2, 0.25) is 0 Å². The molecule has 84 valence electrons. The average Bonchev–Trinajstić information content (AvgIpc) is 2.61. The summed E-state index contributed by atoms with van der Waals surface area (Å²) in [4.78, 5) is 12.4. The van der Waals surface area contributed by atoms with Crippen molar-refractivity contribution in [3.8, 4) is 0 Å². The molecule has 1 aromatic rings. The number of nitrogens with zero attached hydrogens (tertiary/aromatic N) is 2. The molecule has 4 nitrogen and oxygen atoms in total. The van der Waals surface area contributed by atoms with Gasteiger partial charge in [-0.15, -0.1) is 5.10 Å². The number of Topliss-reactive ketones (excluding diaryl/α,β-unsaturated/α-hetero) is 1. The summed E-state index contributed by atoms with van der Waals surface area (Å²) in [6.45, 7) is 8.57. The quantitative estimate of drug-likeness (QED) is 0.740. The third-order valence-electron chi connectivity index (χ3n) is 1.89. The van der Waals surface area contributed by atoms with Gasteiger partial charge in [0.15, 0.2) is 0 Å². The second-order valence-corrected chi connectivity index (χ2v) is 5.02. The minimum Gasteiger partial charge on any atom is -0.374 e. The van der Waals surface area contributed by atoms with E-state index >= 15 is 0 Å². The van der Waals surface area contributed by atoms with Gasteiger partial charge in [-0.05, 0) is 18.5 Å². The lowest BCUT2D eigenvalue weighted by Gasteiger charge is -2.15. The van der Waals surface area contributed by atoms with E-state index in [-0.39, 0.29) is 17.8 Å². The van der Waals surface area contributed by atoms with Crippen molar-refractivity contribution in [1.29, 1.82) is 0 Å². The third kappa shape index (κ3) is 3.07. The zero-order chi connectivity index (χ0) is 11.5. The maximum absolute atomic E-state index is 11.7. The zero-order valence-corrected chi connectivity index (χ0v) is 10.3. The van der Waals surface area contributed by atoms with Crippen molar-refractivity contribution < 1.29 is 9.53 Å². The molecule has 0 aliphatic rings. The molecular weight excluding hydrogens is 212 g/mol. The van der Waals surface area contributed by atoms with Crippen LogP contribution in [0.5, 0.6) is 0 Å². The van der Waals surface area contributed by atoms with Crippen LogP contribution in [0.15, 0.2) is 0 Å². The fourth-order valence-corrected chi connectivity index (χ4v) is 1.92. The molecule has 0 aromatic carbocycles. The maximum atomic E-state index is 11.7. The monoisotopic (exact) mass is 228 g/mol. The lowest BCUT2D eigenvalue weighted by molar-refractivity contribution is 0.0785. The Labute approximate surface area is 93.8 Å². The van der Waals surface area contributed by atoms with Gasteiger partial charge in [-0.25, -0.2) is 0 Å². The number of rotatable bonds is 4. The van der Waals surface area contributed by atoms with Crippen LogP contribution in [0.3, 0.4) is 0 Å². The standard InChI is InChI=1S/C10H16N2O2S/c1-5-14-6-7(13)8-9(10(2,3)4)11-12-15-8/h5-6H2,1-4H3. The molecule has 0 amide bonds. The van der Waals surface area contributed by atoms with E-state index in [4.69, 9.17) is 4.74 Å². The number of carbonyl (C=O) groups excluding carboxylic acids is 1. The number of hydrogen-bond acceptors (Lipinski definition) is 5. The van der Waals surface area contributed by atoms with E-state index in [1.165, 1.54) is 0 Å². The smallest absolute Gasteiger partial charge is 0.201 e. The Morgan fingerprint density at radius 1 is 1.47 bits per heavy atom. The van der Waals surface area contributed by atoms with Gasteiger partial charge in [0.1, 0.15) is 11.5 Å². The molecule has 0 atom stereocenters. The van der Waals surface area contributed by atoms with Crippen molar-refractivity contribution in [2.75, 3.05) is 13.2 Å². The molecule has 15 heavy (non-hydrogen) atoms. The van der Waals surface area contributed by atoms with E-state index in [0.717, 1.165) is 17.2 Å². The summed E-state index contributed by atoms with van der Waals surface area (Å²) in [7, 11) is 0. The molecule has 0 fully saturated rings. The summed E-state index contributed by atoms with van der Waals surface area (Å²) in [6, 6.07) is 0. The van der Waals surface area contributed by atoms with Crippen LogP contribution >= 0.6 is 11.5 Å². The largest absolute Gasteiger partial charge is 0.374 e. The SMILES string of the molecule is CCOCC(=O)c1snnc1C(C)(C)C. The molecule has 1 heterocycles. The molecule has 0 unspecified atom stereocenters. The normalized spacial score (nSPS) is 11.7. The van der Waals surface area contributed by atoms with Gasteiger partial charge in [-0.3, -0.25) is 4.79 Å². The van der Waals surface area contributed by atoms with Crippen LogP contribution in [0.1, 0.15) is 43.1 Å². The van der Waals surface area contributed by atoms with Crippen LogP contribution < -0.4 is 0 Å². The van der Waals surface area contributed by atoms with E-state index in [1.807, 2.05) is 27.7 Å². The van der Waals surface area contributed by atoms with Gasteiger partial charge in [-0.1, -0.05) is 25.3 Å². The number of carbonyl (C=O) groups is 1. The number of aromatic nitrogens is 2. The van der Waals surface area contributed by atoms with Gasteiger partial charge >= 0.3 is 0 Å². The minimum absolute atomic E-state index is 0.0308. The van der Waals surface area contributed by atoms with E-state index in [9.17, 15) is 4.79 Å². The molecule has 5 heteroatoms. The molecule has 0 radical (unpaired) electrons. The first-order valence-corrected chi connectivity index (χ1v) is 5.68. The Hall–Kier alpha value is -0.810. The molecule has 1 aromatic heterocycles. The predicted molar refractivity (Wildman–Crippen MR) is 59.4 cm³/mol. The number of ketones is 1. The number of ether oxygens (including phenoxy) is 1. The van der Waals surface area contributed by atoms with Gasteiger partial charge in [0.25, 0.3) is 0 Å². The van der Waals surface area contributed by atoms with E-state index < -0.39 is 0 Å². The molecule has 0 saturated heterocycles. The molecular formula is C10H16N2O2S. The maximum Gasteiger partial charge on any atom is 0.201 e. The first-order valence-electron chi connectivity index (χ1n) is 4.90. The lowest BCUT2D eigenvalue weighted by atomic mass is 9.91. The summed E-state index contributed by atoms with van der Waals surface area (Å²) in [5, 5.41) is 4.01. The fourth-order valence-electron chi connectivity index (χ4n) is 1.12. The predicted octanol–water partition coefficient (Wildman–Crippen LogP) is 2.05. The highest BCUT2D eigenvalue weighted by Crippen LogP contribution is 2.25. The van der Waals surface area contributed by atoms with Crippen molar-refractivity contribution in [3.63, 3.8) is 0 Å². The Morgan fingerprint density at radius 2 is 2.13 bits per heavy atom. The van der Waals surface area contributed by atoms with Crippen LogP contribution in [-0.4, -0.2) is 28.6 Å². The minimum atomic E-state index is -0.149. The van der Waals surface area contributed by atoms with Crippen molar-refractivity contribution >= 4 is 17.3 Å². The highest BCUT2D eigenvalue weighted by atomic mass is 32.1. The lowest BCUT2D eigenvalue weighted by Crippen LogP contribution is -2.18. The van der Waals surface area contributed by atoms with Crippen molar-refractivity contribution in [1.82, 2.24) is 9.59 Å². The summed E-state index contributed by atoms with van der Waals surface area (Å²) in [6.07, 6.45) is 0. The van der Waals surface area contributed by atoms with E-state index in [2.05, 4.69) is 9.59 Å². The third-order valence-corrected chi connectivity index (χ3v) is 2.66. The molecule has 0 spiro atoms. The fraction of sp³-hybridized carbons (Fsp3) is 0.700. The molecule has 0 aliphatic heterocycles. The first-order chi connectivity index (χ1) is 6.96. The Balaban J connectivity index is 2.86. The molecule has 1 rings (SSSR count). The summed E-state index contributed by atoms with van der Waals surface area (Å²) in [5.41, 5.74) is 0.613. The Bertz CT molecular complexity index is 341. The van der Waals surface area contributed by atoms with E-state index in [0.29, 0.717) is 11.5 Å². The molecule has 0 aliphatic carbocycles. The van der Waals surface area contributed by atoms with Gasteiger partial charge in [0.05, 0.1) is 5.69 Å². The highest BCUT2D eigenvalue weighted by Gasteiger charge is 2.25. The van der Waals surface area contributed by atoms with Crippen LogP contribution in [0, 0.1) is 0 Å². The Kier molecular flexibility index (Phi) is 3.93. The molecule has 0 bridgehead atoms. The van der Waals surface area contributed by atoms with Crippen LogP contribution in [0.4, 0.5) is 0 Å². The van der Waals surface area contributed by atoms with Gasteiger partial charge in [-0.2, -0.15) is 0 Å². The van der Waals surface area contributed by atoms with Gasteiger partial charge < -0.3 is 4.74 Å². The van der Waals surface area contributed by atoms with Crippen molar-refractivity contribution in [3.05, 3.63) is 10.6 Å². The van der Waals surface area contributed by atoms with Gasteiger partial charge in [0.2, 0.25) is 5.78 Å². The summed E-state index contributed by atoms with van der Waals surface area (Å²) < 4.78 is 8.92. The average molecular weight is 228 g/mol. The summed E-state index contributed by atoms with van der Waals surface area (Å²) in [5.74, 6) is -0.0308. The Morgan fingerprint density at radius 3 is 2.67 bits per heavy atom. The number of hydrogen-bond donors (Lipinski definition) is 0. The van der Waals surface area contributed by atoms with E-state index in [1.54, 1.807) is 0 Å². The second kappa shape index (κ2) is 4.81.